The van der Waals surface area contributed by atoms with Crippen LogP contribution in [0.3, 0.4) is 0 Å². The van der Waals surface area contributed by atoms with E-state index in [9.17, 15) is 0 Å². The van der Waals surface area contributed by atoms with E-state index in [0.717, 1.165) is 34.6 Å². The first-order chi connectivity index (χ1) is 8.04. The van der Waals surface area contributed by atoms with E-state index in [0.29, 0.717) is 5.82 Å². The van der Waals surface area contributed by atoms with Gasteiger partial charge < -0.3 is 5.73 Å². The summed E-state index contributed by atoms with van der Waals surface area (Å²) in [6.07, 6.45) is 0.832. The minimum absolute atomic E-state index is 0.691. The zero-order valence-corrected chi connectivity index (χ0v) is 10.7. The van der Waals surface area contributed by atoms with Crippen molar-refractivity contribution in [1.29, 1.82) is 0 Å². The van der Waals surface area contributed by atoms with E-state index < -0.39 is 0 Å². The third-order valence-electron chi connectivity index (χ3n) is 2.92. The van der Waals surface area contributed by atoms with Gasteiger partial charge in [-0.2, -0.15) is 15.3 Å². The van der Waals surface area contributed by atoms with Gasteiger partial charge in [0.15, 0.2) is 0 Å². The summed E-state index contributed by atoms with van der Waals surface area (Å²) in [5.41, 5.74) is 10.7. The van der Waals surface area contributed by atoms with Gasteiger partial charge in [0, 0.05) is 18.2 Å². The average molecular weight is 231 g/mol. The SMILES string of the molecule is CCc1nnc(C)cc1-c1nn(C)c(N)c1C. The predicted molar refractivity (Wildman–Crippen MR) is 67.5 cm³/mol. The number of aromatic nitrogens is 4. The molecular formula is C12H17N5. The molecule has 0 bridgehead atoms. The quantitative estimate of drug-likeness (QED) is 0.853. The second kappa shape index (κ2) is 4.16. The van der Waals surface area contributed by atoms with Gasteiger partial charge in [-0.1, -0.05) is 6.92 Å². The zero-order chi connectivity index (χ0) is 12.6. The monoisotopic (exact) mass is 231 g/mol. The van der Waals surface area contributed by atoms with Crippen LogP contribution in [-0.4, -0.2) is 20.0 Å². The molecule has 2 aromatic rings. The number of hydrogen-bond donors (Lipinski definition) is 1. The predicted octanol–water partition coefficient (Wildman–Crippen LogP) is 1.64. The van der Waals surface area contributed by atoms with E-state index >= 15 is 0 Å². The Kier molecular flexibility index (Phi) is 2.83. The Morgan fingerprint density at radius 2 is 2.00 bits per heavy atom. The molecule has 2 N–H and O–H groups in total. The van der Waals surface area contributed by atoms with Gasteiger partial charge >= 0.3 is 0 Å². The molecule has 5 nitrogen and oxygen atoms in total. The van der Waals surface area contributed by atoms with E-state index in [4.69, 9.17) is 5.73 Å². The summed E-state index contributed by atoms with van der Waals surface area (Å²) < 4.78 is 1.69. The van der Waals surface area contributed by atoms with Crippen LogP contribution in [0.4, 0.5) is 5.82 Å². The Labute approximate surface area is 101 Å². The largest absolute Gasteiger partial charge is 0.384 e. The third-order valence-corrected chi connectivity index (χ3v) is 2.92. The highest BCUT2D eigenvalue weighted by molar-refractivity contribution is 5.69. The van der Waals surface area contributed by atoms with Crippen molar-refractivity contribution in [3.05, 3.63) is 23.0 Å². The summed E-state index contributed by atoms with van der Waals surface area (Å²) in [5, 5.41) is 12.7. The summed E-state index contributed by atoms with van der Waals surface area (Å²) in [7, 11) is 1.85. The Morgan fingerprint density at radius 3 is 2.53 bits per heavy atom. The lowest BCUT2D eigenvalue weighted by atomic mass is 10.1. The normalized spacial score (nSPS) is 10.8. The molecule has 0 aliphatic heterocycles. The highest BCUT2D eigenvalue weighted by Crippen LogP contribution is 2.28. The Morgan fingerprint density at radius 1 is 1.29 bits per heavy atom. The number of aryl methyl sites for hydroxylation is 3. The maximum absolute atomic E-state index is 5.93. The summed E-state index contributed by atoms with van der Waals surface area (Å²) in [6, 6.07) is 2.01. The Balaban J connectivity index is 2.67. The first-order valence-corrected chi connectivity index (χ1v) is 5.67. The van der Waals surface area contributed by atoms with Gasteiger partial charge in [-0.15, -0.1) is 0 Å². The molecule has 0 aliphatic rings. The van der Waals surface area contributed by atoms with Gasteiger partial charge in [0.05, 0.1) is 17.1 Å². The average Bonchev–Trinajstić information content (AvgIpc) is 2.57. The smallest absolute Gasteiger partial charge is 0.124 e. The molecule has 0 amide bonds. The molecule has 0 radical (unpaired) electrons. The third kappa shape index (κ3) is 1.88. The number of nitrogens with zero attached hydrogens (tertiary/aromatic N) is 4. The fourth-order valence-corrected chi connectivity index (χ4v) is 1.88. The van der Waals surface area contributed by atoms with Crippen LogP contribution in [0.2, 0.25) is 0 Å². The van der Waals surface area contributed by atoms with Gasteiger partial charge in [-0.25, -0.2) is 0 Å². The molecule has 2 heterocycles. The maximum Gasteiger partial charge on any atom is 0.124 e. The van der Waals surface area contributed by atoms with Crippen molar-refractivity contribution < 1.29 is 0 Å². The lowest BCUT2D eigenvalue weighted by Crippen LogP contribution is -1.99. The van der Waals surface area contributed by atoms with E-state index in [-0.39, 0.29) is 0 Å². The molecule has 5 heteroatoms. The van der Waals surface area contributed by atoms with Crippen LogP contribution in [0.25, 0.3) is 11.3 Å². The molecule has 0 fully saturated rings. The molecule has 90 valence electrons. The summed E-state index contributed by atoms with van der Waals surface area (Å²) in [6.45, 7) is 5.97. The van der Waals surface area contributed by atoms with Crippen LogP contribution in [0.15, 0.2) is 6.07 Å². The minimum atomic E-state index is 0.691. The number of hydrogen-bond acceptors (Lipinski definition) is 4. The molecule has 17 heavy (non-hydrogen) atoms. The van der Waals surface area contributed by atoms with Gasteiger partial charge in [0.25, 0.3) is 0 Å². The summed E-state index contributed by atoms with van der Waals surface area (Å²) >= 11 is 0. The van der Waals surface area contributed by atoms with Crippen LogP contribution in [-0.2, 0) is 13.5 Å². The minimum Gasteiger partial charge on any atom is -0.384 e. The zero-order valence-electron chi connectivity index (χ0n) is 10.7. The van der Waals surface area contributed by atoms with Crippen LogP contribution >= 0.6 is 0 Å². The van der Waals surface area contributed by atoms with Gasteiger partial charge in [0.2, 0.25) is 0 Å². The molecule has 0 atom stereocenters. The van der Waals surface area contributed by atoms with Crippen molar-refractivity contribution in [1.82, 2.24) is 20.0 Å². The van der Waals surface area contributed by atoms with Gasteiger partial charge in [-0.05, 0) is 26.3 Å². The molecular weight excluding hydrogens is 214 g/mol. The van der Waals surface area contributed by atoms with Crippen molar-refractivity contribution in [2.24, 2.45) is 7.05 Å². The van der Waals surface area contributed by atoms with E-state index in [1.165, 1.54) is 0 Å². The molecule has 0 aliphatic carbocycles. The number of rotatable bonds is 2. The number of nitrogens with two attached hydrogens (primary N) is 1. The fraction of sp³-hybridized carbons (Fsp3) is 0.417. The molecule has 0 saturated heterocycles. The topological polar surface area (TPSA) is 69.6 Å². The highest BCUT2D eigenvalue weighted by Gasteiger charge is 2.15. The van der Waals surface area contributed by atoms with Gasteiger partial charge in [0.1, 0.15) is 5.82 Å². The highest BCUT2D eigenvalue weighted by atomic mass is 15.3. The Bertz CT molecular complexity index is 556. The second-order valence-electron chi connectivity index (χ2n) is 4.18. The van der Waals surface area contributed by atoms with E-state index in [1.807, 2.05) is 27.0 Å². The van der Waals surface area contributed by atoms with Crippen molar-refractivity contribution >= 4 is 5.82 Å². The first-order valence-electron chi connectivity index (χ1n) is 5.67. The molecule has 0 aromatic carbocycles. The second-order valence-corrected chi connectivity index (χ2v) is 4.18. The van der Waals surface area contributed by atoms with E-state index in [1.54, 1.807) is 4.68 Å². The molecule has 0 spiro atoms. The summed E-state index contributed by atoms with van der Waals surface area (Å²) in [4.78, 5) is 0. The first kappa shape index (κ1) is 11.6. The van der Waals surface area contributed by atoms with Crippen molar-refractivity contribution in [3.63, 3.8) is 0 Å². The van der Waals surface area contributed by atoms with Gasteiger partial charge in [-0.3, -0.25) is 4.68 Å². The standard InChI is InChI=1S/C12H17N5/c1-5-10-9(6-7(2)14-15-10)11-8(3)12(13)17(4)16-11/h6H,5,13H2,1-4H3. The van der Waals surface area contributed by atoms with Crippen molar-refractivity contribution in [2.45, 2.75) is 27.2 Å². The van der Waals surface area contributed by atoms with Crippen LogP contribution in [0.1, 0.15) is 23.9 Å². The number of nitrogen functional groups attached to an aromatic ring is 1. The Hall–Kier alpha value is -1.91. The molecule has 0 unspecified atom stereocenters. The van der Waals surface area contributed by atoms with Crippen LogP contribution < -0.4 is 5.73 Å². The lowest BCUT2D eigenvalue weighted by molar-refractivity contribution is 0.780. The molecule has 2 aromatic heterocycles. The van der Waals surface area contributed by atoms with Crippen LogP contribution in [0.5, 0.6) is 0 Å². The van der Waals surface area contributed by atoms with Crippen LogP contribution in [0, 0.1) is 13.8 Å². The lowest BCUT2D eigenvalue weighted by Gasteiger charge is -2.05. The van der Waals surface area contributed by atoms with E-state index in [2.05, 4.69) is 22.2 Å². The fourth-order valence-electron chi connectivity index (χ4n) is 1.88. The number of anilines is 1. The maximum atomic E-state index is 5.93. The summed E-state index contributed by atoms with van der Waals surface area (Å²) in [5.74, 6) is 0.691. The molecule has 0 saturated carbocycles. The van der Waals surface area contributed by atoms with Crippen molar-refractivity contribution in [3.8, 4) is 11.3 Å². The molecule has 2 rings (SSSR count). The van der Waals surface area contributed by atoms with Crippen molar-refractivity contribution in [2.75, 3.05) is 5.73 Å².